The van der Waals surface area contributed by atoms with Crippen molar-refractivity contribution in [3.05, 3.63) is 12.4 Å². The molecule has 0 amide bonds. The van der Waals surface area contributed by atoms with Gasteiger partial charge >= 0.3 is 0 Å². The number of nitrogens with one attached hydrogen (secondary N) is 1. The fourth-order valence-corrected chi connectivity index (χ4v) is 3.20. The van der Waals surface area contributed by atoms with Crippen LogP contribution in [0.4, 0.5) is 0 Å². The van der Waals surface area contributed by atoms with E-state index >= 15 is 0 Å². The molecule has 6 nitrogen and oxygen atoms in total. The van der Waals surface area contributed by atoms with Gasteiger partial charge in [-0.2, -0.15) is 9.40 Å². The molecule has 0 fully saturated rings. The van der Waals surface area contributed by atoms with Crippen molar-refractivity contribution in [3.63, 3.8) is 0 Å². The molecule has 1 rings (SSSR count). The van der Waals surface area contributed by atoms with Gasteiger partial charge in [0.2, 0.25) is 10.0 Å². The van der Waals surface area contributed by atoms with Crippen molar-refractivity contribution in [2.45, 2.75) is 38.1 Å². The van der Waals surface area contributed by atoms with E-state index in [9.17, 15) is 8.42 Å². The highest BCUT2D eigenvalue weighted by Gasteiger charge is 2.23. The van der Waals surface area contributed by atoms with E-state index in [0.29, 0.717) is 13.1 Å². The summed E-state index contributed by atoms with van der Waals surface area (Å²) in [6, 6.07) is 0. The minimum Gasteiger partial charge on any atom is -0.317 e. The summed E-state index contributed by atoms with van der Waals surface area (Å²) < 4.78 is 27.6. The SMILES string of the molecule is C#CCN(CC)S(=O)(=O)c1cnn(CCCNCCC)c1. The fraction of sp³-hybridized carbons (Fsp3) is 0.643. The van der Waals surface area contributed by atoms with Gasteiger partial charge in [0.25, 0.3) is 0 Å². The van der Waals surface area contributed by atoms with Crippen LogP contribution in [0.25, 0.3) is 0 Å². The first-order valence-corrected chi connectivity index (χ1v) is 8.67. The van der Waals surface area contributed by atoms with Gasteiger partial charge in [0.15, 0.2) is 0 Å². The Morgan fingerprint density at radius 2 is 2.19 bits per heavy atom. The highest BCUT2D eigenvalue weighted by atomic mass is 32.2. The Morgan fingerprint density at radius 1 is 1.43 bits per heavy atom. The second-order valence-electron chi connectivity index (χ2n) is 4.68. The Kier molecular flexibility index (Phi) is 7.43. The van der Waals surface area contributed by atoms with Gasteiger partial charge in [-0.3, -0.25) is 4.68 Å². The molecule has 21 heavy (non-hydrogen) atoms. The van der Waals surface area contributed by atoms with Crippen LogP contribution >= 0.6 is 0 Å². The molecular formula is C14H24N4O2S. The van der Waals surface area contributed by atoms with E-state index in [0.717, 1.165) is 25.9 Å². The van der Waals surface area contributed by atoms with Gasteiger partial charge in [0, 0.05) is 19.3 Å². The normalized spacial score (nSPS) is 11.7. The summed E-state index contributed by atoms with van der Waals surface area (Å²) in [5.41, 5.74) is 0. The minimum atomic E-state index is -3.54. The lowest BCUT2D eigenvalue weighted by Gasteiger charge is -2.16. The molecule has 1 N–H and O–H groups in total. The zero-order valence-electron chi connectivity index (χ0n) is 12.7. The van der Waals surface area contributed by atoms with Crippen molar-refractivity contribution in [2.24, 2.45) is 0 Å². The molecule has 0 bridgehead atoms. The molecule has 0 spiro atoms. The molecule has 7 heteroatoms. The Labute approximate surface area is 127 Å². The quantitative estimate of drug-likeness (QED) is 0.515. The highest BCUT2D eigenvalue weighted by molar-refractivity contribution is 7.89. The Balaban J connectivity index is 2.63. The molecule has 0 radical (unpaired) electrons. The second-order valence-corrected chi connectivity index (χ2v) is 6.62. The minimum absolute atomic E-state index is 0.0744. The largest absolute Gasteiger partial charge is 0.317 e. The van der Waals surface area contributed by atoms with E-state index in [-0.39, 0.29) is 11.4 Å². The molecule has 0 saturated carbocycles. The first-order chi connectivity index (χ1) is 10.1. The van der Waals surface area contributed by atoms with Crippen molar-refractivity contribution >= 4 is 10.0 Å². The predicted octanol–water partition coefficient (Wildman–Crippen LogP) is 0.917. The number of hydrogen-bond acceptors (Lipinski definition) is 4. The third kappa shape index (κ3) is 5.16. The number of aromatic nitrogens is 2. The number of hydrogen-bond donors (Lipinski definition) is 1. The summed E-state index contributed by atoms with van der Waals surface area (Å²) in [5, 5.41) is 7.41. The molecule has 1 aromatic heterocycles. The molecule has 1 heterocycles. The van der Waals surface area contributed by atoms with Crippen molar-refractivity contribution in [2.75, 3.05) is 26.2 Å². The Bertz CT molecular complexity index is 560. The van der Waals surface area contributed by atoms with Crippen molar-refractivity contribution in [3.8, 4) is 12.3 Å². The van der Waals surface area contributed by atoms with Crippen LogP contribution in [0.1, 0.15) is 26.7 Å². The molecule has 0 aliphatic rings. The number of sulfonamides is 1. The van der Waals surface area contributed by atoms with Crippen molar-refractivity contribution in [1.29, 1.82) is 0 Å². The maximum Gasteiger partial charge on any atom is 0.247 e. The molecule has 0 atom stereocenters. The van der Waals surface area contributed by atoms with E-state index in [1.165, 1.54) is 10.5 Å². The Hall–Kier alpha value is -1.36. The summed E-state index contributed by atoms with van der Waals surface area (Å²) in [6.07, 6.45) is 10.2. The van der Waals surface area contributed by atoms with Gasteiger partial charge in [-0.1, -0.05) is 19.8 Å². The lowest BCUT2D eigenvalue weighted by molar-refractivity contribution is 0.464. The summed E-state index contributed by atoms with van der Waals surface area (Å²) in [4.78, 5) is 0.195. The molecule has 118 valence electrons. The second kappa shape index (κ2) is 8.82. The average molecular weight is 312 g/mol. The zero-order chi connectivity index (χ0) is 15.7. The molecule has 0 aliphatic carbocycles. The van der Waals surface area contributed by atoms with Gasteiger partial charge in [-0.15, -0.1) is 6.42 Å². The standard InChI is InChI=1S/C14H24N4O2S/c1-4-8-15-9-7-11-17-13-14(12-16-17)21(19,20)18(6-3)10-5-2/h2,12-13,15H,4,6-11H2,1,3H3. The third-order valence-electron chi connectivity index (χ3n) is 3.04. The topological polar surface area (TPSA) is 67.2 Å². The van der Waals surface area contributed by atoms with Gasteiger partial charge in [0.05, 0.1) is 12.7 Å². The molecule has 0 saturated heterocycles. The van der Waals surface area contributed by atoms with E-state index in [1.54, 1.807) is 17.8 Å². The van der Waals surface area contributed by atoms with Crippen LogP contribution in [0.3, 0.4) is 0 Å². The van der Waals surface area contributed by atoms with E-state index < -0.39 is 10.0 Å². The van der Waals surface area contributed by atoms with Crippen LogP contribution in [-0.2, 0) is 16.6 Å². The van der Waals surface area contributed by atoms with E-state index in [2.05, 4.69) is 23.3 Å². The van der Waals surface area contributed by atoms with Crippen LogP contribution < -0.4 is 5.32 Å². The van der Waals surface area contributed by atoms with Gasteiger partial charge in [-0.05, 0) is 25.9 Å². The number of terminal acetylenes is 1. The monoisotopic (exact) mass is 312 g/mol. The highest BCUT2D eigenvalue weighted by Crippen LogP contribution is 2.14. The predicted molar refractivity (Wildman–Crippen MR) is 83.3 cm³/mol. The molecule has 0 aliphatic heterocycles. The molecule has 0 unspecified atom stereocenters. The summed E-state index contributed by atoms with van der Waals surface area (Å²) in [7, 11) is -3.54. The average Bonchev–Trinajstić information content (AvgIpc) is 2.94. The Morgan fingerprint density at radius 3 is 2.81 bits per heavy atom. The van der Waals surface area contributed by atoms with Crippen molar-refractivity contribution in [1.82, 2.24) is 19.4 Å². The van der Waals surface area contributed by atoms with Crippen LogP contribution in [0.5, 0.6) is 0 Å². The first kappa shape index (κ1) is 17.7. The smallest absolute Gasteiger partial charge is 0.247 e. The summed E-state index contributed by atoms with van der Waals surface area (Å²) in [5.74, 6) is 2.37. The first-order valence-electron chi connectivity index (χ1n) is 7.23. The maximum atomic E-state index is 12.3. The van der Waals surface area contributed by atoms with Crippen LogP contribution in [-0.4, -0.2) is 48.7 Å². The van der Waals surface area contributed by atoms with Gasteiger partial charge in [-0.25, -0.2) is 8.42 Å². The maximum absolute atomic E-state index is 12.3. The zero-order valence-corrected chi connectivity index (χ0v) is 13.6. The summed E-state index contributed by atoms with van der Waals surface area (Å²) >= 11 is 0. The number of aryl methyl sites for hydroxylation is 1. The van der Waals surface area contributed by atoms with E-state index in [4.69, 9.17) is 6.42 Å². The fourth-order valence-electron chi connectivity index (χ4n) is 1.89. The number of nitrogens with zero attached hydrogens (tertiary/aromatic N) is 3. The van der Waals surface area contributed by atoms with Crippen LogP contribution in [0.2, 0.25) is 0 Å². The van der Waals surface area contributed by atoms with Gasteiger partial charge in [0.1, 0.15) is 4.90 Å². The van der Waals surface area contributed by atoms with Gasteiger partial charge < -0.3 is 5.32 Å². The van der Waals surface area contributed by atoms with Crippen molar-refractivity contribution < 1.29 is 8.42 Å². The number of rotatable bonds is 10. The van der Waals surface area contributed by atoms with Crippen LogP contribution in [0, 0.1) is 12.3 Å². The van der Waals surface area contributed by atoms with Crippen LogP contribution in [0.15, 0.2) is 17.3 Å². The molecule has 1 aromatic rings. The lowest BCUT2D eigenvalue weighted by atomic mass is 10.4. The molecular weight excluding hydrogens is 288 g/mol. The van der Waals surface area contributed by atoms with E-state index in [1.807, 2.05) is 0 Å². The third-order valence-corrected chi connectivity index (χ3v) is 4.91. The lowest BCUT2D eigenvalue weighted by Crippen LogP contribution is -2.31. The summed E-state index contributed by atoms with van der Waals surface area (Å²) in [6.45, 7) is 6.88. The molecule has 0 aromatic carbocycles.